The first-order chi connectivity index (χ1) is 23.4. The number of nitrogens with zero attached hydrogens (tertiary/aromatic N) is 2. The molecular weight excluding hydrogens is 680 g/mol. The number of primary amides is 1. The smallest absolute Gasteiger partial charge is 0.294 e. The number of carbonyl (C=O) groups excluding carboxylic acids is 3. The Morgan fingerprint density at radius 1 is 1.06 bits per heavy atom. The third-order valence-corrected chi connectivity index (χ3v) is 10.4. The molecule has 1 amide bonds. The second-order valence-corrected chi connectivity index (χ2v) is 16.5. The molecule has 0 radical (unpaired) electrons. The van der Waals surface area contributed by atoms with Crippen LogP contribution in [0.2, 0.25) is 0 Å². The number of carbonyl (C=O) groups is 3. The molecule has 3 aliphatic rings. The van der Waals surface area contributed by atoms with Crippen LogP contribution in [0.5, 0.6) is 5.75 Å². The number of phenolic OH excluding ortho intramolecular Hbond substituents is 1. The minimum absolute atomic E-state index is 0.00841. The highest BCUT2D eigenvalue weighted by Crippen LogP contribution is 2.53. The van der Waals surface area contributed by atoms with Crippen molar-refractivity contribution in [2.45, 2.75) is 63.6 Å². The van der Waals surface area contributed by atoms with E-state index in [1.165, 1.54) is 17.0 Å². The van der Waals surface area contributed by atoms with Gasteiger partial charge in [-0.05, 0) is 69.0 Å². The maximum absolute atomic E-state index is 14.1. The SMILES string of the molecule is CN(C)c1cc(CNCC(C)(C)C)c(O)c2c1C[C@H]1C[C@H]3[C@H](N(C)C)C(O)=C(C(N)=O)C(=O)[C@@]3(O)C(O)=C1C2=O.Cc1ccc(S(=O)(=O)O)cc1. The summed E-state index contributed by atoms with van der Waals surface area (Å²) in [6.07, 6.45) is 0.291. The van der Waals surface area contributed by atoms with Crippen LogP contribution in [0.25, 0.3) is 0 Å². The van der Waals surface area contributed by atoms with E-state index < -0.39 is 68.2 Å². The summed E-state index contributed by atoms with van der Waals surface area (Å²) in [4.78, 5) is 43.0. The lowest BCUT2D eigenvalue weighted by molar-refractivity contribution is -0.148. The number of benzene rings is 2. The predicted molar refractivity (Wildman–Crippen MR) is 190 cm³/mol. The number of hydrogen-bond acceptors (Lipinski definition) is 12. The Morgan fingerprint density at radius 2 is 1.65 bits per heavy atom. The van der Waals surface area contributed by atoms with Gasteiger partial charge in [0.25, 0.3) is 16.0 Å². The van der Waals surface area contributed by atoms with Crippen LogP contribution in [0.15, 0.2) is 57.9 Å². The average molecular weight is 729 g/mol. The van der Waals surface area contributed by atoms with Crippen molar-refractivity contribution in [3.63, 3.8) is 0 Å². The van der Waals surface area contributed by atoms with Crippen LogP contribution in [-0.4, -0.2) is 102 Å². The fourth-order valence-electron chi connectivity index (χ4n) is 7.17. The Hall–Kier alpha value is -4.28. The van der Waals surface area contributed by atoms with Crippen LogP contribution in [-0.2, 0) is 32.7 Å². The van der Waals surface area contributed by atoms with Crippen molar-refractivity contribution in [3.8, 4) is 5.75 Å². The number of allylic oxidation sites excluding steroid dienone is 1. The molecule has 0 saturated heterocycles. The number of phenols is 1. The van der Waals surface area contributed by atoms with Crippen molar-refractivity contribution in [2.75, 3.05) is 39.6 Å². The van der Waals surface area contributed by atoms with Gasteiger partial charge in [0.2, 0.25) is 5.78 Å². The van der Waals surface area contributed by atoms with Gasteiger partial charge >= 0.3 is 0 Å². The summed E-state index contributed by atoms with van der Waals surface area (Å²) < 4.78 is 29.6. The van der Waals surface area contributed by atoms with Gasteiger partial charge in [0.1, 0.15) is 22.8 Å². The fraction of sp³-hybridized carbons (Fsp3) is 0.472. The Bertz CT molecular complexity index is 1930. The number of anilines is 1. The van der Waals surface area contributed by atoms with E-state index in [4.69, 9.17) is 10.3 Å². The third-order valence-electron chi connectivity index (χ3n) is 9.55. The fourth-order valence-corrected chi connectivity index (χ4v) is 7.65. The van der Waals surface area contributed by atoms with E-state index >= 15 is 0 Å². The molecule has 15 heteroatoms. The normalized spacial score (nSPS) is 23.3. The Labute approximate surface area is 298 Å². The minimum atomic E-state index is -4.02. The van der Waals surface area contributed by atoms with Crippen molar-refractivity contribution >= 4 is 33.3 Å². The zero-order valence-electron chi connectivity index (χ0n) is 30.1. The van der Waals surface area contributed by atoms with Gasteiger partial charge in [0, 0.05) is 49.9 Å². The van der Waals surface area contributed by atoms with Crippen molar-refractivity contribution < 1.29 is 47.8 Å². The minimum Gasteiger partial charge on any atom is -0.510 e. The highest BCUT2D eigenvalue weighted by atomic mass is 32.2. The number of rotatable bonds is 7. The zero-order chi connectivity index (χ0) is 38.5. The number of aryl methyl sites for hydroxylation is 1. The molecule has 278 valence electrons. The molecule has 0 spiro atoms. The molecule has 2 aromatic rings. The van der Waals surface area contributed by atoms with Gasteiger partial charge in [-0.15, -0.1) is 0 Å². The largest absolute Gasteiger partial charge is 0.510 e. The van der Waals surface area contributed by atoms with Crippen LogP contribution < -0.4 is 16.0 Å². The molecule has 0 fully saturated rings. The second kappa shape index (κ2) is 14.0. The van der Waals surface area contributed by atoms with Crippen LogP contribution in [0.3, 0.4) is 0 Å². The van der Waals surface area contributed by atoms with E-state index in [9.17, 15) is 43.2 Å². The van der Waals surface area contributed by atoms with Gasteiger partial charge in [-0.1, -0.05) is 38.5 Å². The number of ketones is 2. The second-order valence-electron chi connectivity index (χ2n) is 15.1. The molecule has 3 aliphatic carbocycles. The van der Waals surface area contributed by atoms with E-state index in [-0.39, 0.29) is 40.0 Å². The summed E-state index contributed by atoms with van der Waals surface area (Å²) >= 11 is 0. The van der Waals surface area contributed by atoms with Crippen LogP contribution in [0.4, 0.5) is 5.69 Å². The van der Waals surface area contributed by atoms with Gasteiger partial charge < -0.3 is 36.4 Å². The lowest BCUT2D eigenvalue weighted by Gasteiger charge is -2.50. The number of aliphatic hydroxyl groups excluding tert-OH is 2. The topological polar surface area (TPSA) is 231 Å². The summed E-state index contributed by atoms with van der Waals surface area (Å²) in [6, 6.07) is 6.80. The summed E-state index contributed by atoms with van der Waals surface area (Å²) in [6.45, 7) is 9.01. The van der Waals surface area contributed by atoms with Crippen molar-refractivity contribution in [3.05, 3.63) is 75.3 Å². The number of likely N-dealkylation sites (N-methyl/N-ethyl adjacent to an activating group) is 1. The van der Waals surface area contributed by atoms with Crippen LogP contribution in [0, 0.1) is 24.2 Å². The molecule has 2 aromatic carbocycles. The highest BCUT2D eigenvalue weighted by molar-refractivity contribution is 7.85. The van der Waals surface area contributed by atoms with E-state index in [1.54, 1.807) is 26.2 Å². The molecule has 0 aromatic heterocycles. The van der Waals surface area contributed by atoms with E-state index in [0.717, 1.165) is 11.3 Å². The maximum atomic E-state index is 14.1. The first-order valence-electron chi connectivity index (χ1n) is 16.4. The van der Waals surface area contributed by atoms with Gasteiger partial charge in [0.15, 0.2) is 11.4 Å². The number of nitrogens with two attached hydrogens (primary N) is 1. The first-order valence-corrected chi connectivity index (χ1v) is 17.8. The lowest BCUT2D eigenvalue weighted by atomic mass is 9.58. The van der Waals surface area contributed by atoms with Crippen molar-refractivity contribution in [2.24, 2.45) is 23.0 Å². The molecule has 4 atom stereocenters. The van der Waals surface area contributed by atoms with Gasteiger partial charge in [-0.2, -0.15) is 8.42 Å². The molecular formula is C36H48N4O10S. The van der Waals surface area contributed by atoms with Gasteiger partial charge in [-0.3, -0.25) is 23.8 Å². The zero-order valence-corrected chi connectivity index (χ0v) is 30.9. The first kappa shape index (κ1) is 39.5. The molecule has 0 aliphatic heterocycles. The molecule has 14 nitrogen and oxygen atoms in total. The van der Waals surface area contributed by atoms with Crippen molar-refractivity contribution in [1.82, 2.24) is 10.2 Å². The number of Topliss-reactive ketones (excluding diaryl/α,β-unsaturated/α-hetero) is 2. The molecule has 51 heavy (non-hydrogen) atoms. The van der Waals surface area contributed by atoms with E-state index in [2.05, 4.69) is 26.1 Å². The molecule has 8 N–H and O–H groups in total. The average Bonchev–Trinajstić information content (AvgIpc) is 2.99. The van der Waals surface area contributed by atoms with E-state index in [1.807, 2.05) is 32.0 Å². The van der Waals surface area contributed by atoms with Gasteiger partial charge in [0.05, 0.1) is 16.5 Å². The number of hydrogen-bond donors (Lipinski definition) is 7. The predicted octanol–water partition coefficient (Wildman–Crippen LogP) is 2.56. The maximum Gasteiger partial charge on any atom is 0.294 e. The molecule has 0 bridgehead atoms. The molecule has 0 heterocycles. The van der Waals surface area contributed by atoms with Crippen LogP contribution in [0.1, 0.15) is 54.2 Å². The number of aromatic hydroxyl groups is 1. The monoisotopic (exact) mass is 728 g/mol. The Kier molecular flexibility index (Phi) is 10.9. The Morgan fingerprint density at radius 3 is 2.14 bits per heavy atom. The number of aliphatic hydroxyl groups is 3. The quantitative estimate of drug-likeness (QED) is 0.161. The summed E-state index contributed by atoms with van der Waals surface area (Å²) in [7, 11) is 2.85. The molecule has 5 rings (SSSR count). The number of amides is 1. The van der Waals surface area contributed by atoms with E-state index in [0.29, 0.717) is 24.2 Å². The lowest BCUT2D eigenvalue weighted by Crippen LogP contribution is -2.63. The summed E-state index contributed by atoms with van der Waals surface area (Å²) in [5.41, 5.74) is 4.53. The summed E-state index contributed by atoms with van der Waals surface area (Å²) in [5.74, 6) is -6.54. The highest BCUT2D eigenvalue weighted by Gasteiger charge is 2.63. The standard InChI is InChI=1S/C29H40N4O7.C7H8O3S/c1-28(2,3)12-31-11-14-10-17(32(4)5)15-8-13-9-16-21(33(6)7)24(36)20(27(30)39)26(38)29(16,40)25(37)18(13)23(35)19(15)22(14)34;1-6-2-4-7(5-3-6)11(8,9)10/h10,13,16,21,31,34,36-37,40H,8-9,11-12H2,1-7H3,(H2,30,39);2-5H,1H3,(H,8,9,10)/t13-,16-,21-,29-;/m0./s1. The van der Waals surface area contributed by atoms with Crippen LogP contribution >= 0.6 is 0 Å². The summed E-state index contributed by atoms with van der Waals surface area (Å²) in [5, 5.41) is 48.8. The third kappa shape index (κ3) is 7.39. The molecule has 0 unspecified atom stereocenters. The number of nitrogens with one attached hydrogen (secondary N) is 1. The van der Waals surface area contributed by atoms with Gasteiger partial charge in [-0.25, -0.2) is 0 Å². The Balaban J connectivity index is 0.000000452. The van der Waals surface area contributed by atoms with Crippen molar-refractivity contribution in [1.29, 1.82) is 0 Å². The number of fused-ring (bicyclic) bond motifs is 3. The molecule has 0 saturated carbocycles.